The topological polar surface area (TPSA) is 45.2 Å². The Hall–Kier alpha value is -1.42. The summed E-state index contributed by atoms with van der Waals surface area (Å²) in [6.07, 6.45) is 2.79. The molecule has 1 rings (SSSR count). The molecule has 0 saturated heterocycles. The highest BCUT2D eigenvalue weighted by atomic mass is 16.2. The fourth-order valence-corrected chi connectivity index (χ4v) is 1.70. The van der Waals surface area contributed by atoms with Gasteiger partial charge in [-0.3, -0.25) is 9.78 Å². The van der Waals surface area contributed by atoms with E-state index in [1.165, 1.54) is 0 Å². The molecule has 0 aliphatic rings. The first-order valence-electron chi connectivity index (χ1n) is 6.55. The minimum absolute atomic E-state index is 0.129. The predicted octanol–water partition coefficient (Wildman–Crippen LogP) is 1.82. The van der Waals surface area contributed by atoms with Gasteiger partial charge in [0.25, 0.3) is 0 Å². The number of carbonyl (C=O) groups is 1. The zero-order chi connectivity index (χ0) is 13.4. The van der Waals surface area contributed by atoms with Crippen LogP contribution in [0.4, 0.5) is 0 Å². The summed E-state index contributed by atoms with van der Waals surface area (Å²) < 4.78 is 0. The first kappa shape index (κ1) is 14.6. The van der Waals surface area contributed by atoms with Gasteiger partial charge < -0.3 is 10.2 Å². The van der Waals surface area contributed by atoms with E-state index in [4.69, 9.17) is 0 Å². The number of hydrogen-bond donors (Lipinski definition) is 1. The van der Waals surface area contributed by atoms with Crippen molar-refractivity contribution >= 4 is 5.91 Å². The zero-order valence-electron chi connectivity index (χ0n) is 11.5. The second kappa shape index (κ2) is 7.82. The summed E-state index contributed by atoms with van der Waals surface area (Å²) in [6, 6.07) is 5.96. The second-order valence-corrected chi connectivity index (χ2v) is 4.61. The van der Waals surface area contributed by atoms with Gasteiger partial charge in [0.1, 0.15) is 0 Å². The third kappa shape index (κ3) is 4.84. The summed E-state index contributed by atoms with van der Waals surface area (Å²) in [5.41, 5.74) is 0.926. The predicted molar refractivity (Wildman–Crippen MR) is 73.1 cm³/mol. The SMILES string of the molecule is CCCNCC(=O)N(Cc1ccccn1)C(C)C. The van der Waals surface area contributed by atoms with E-state index in [-0.39, 0.29) is 11.9 Å². The molecule has 0 atom stereocenters. The Morgan fingerprint density at radius 1 is 1.44 bits per heavy atom. The molecule has 1 heterocycles. The first-order valence-corrected chi connectivity index (χ1v) is 6.55. The van der Waals surface area contributed by atoms with Gasteiger partial charge in [-0.05, 0) is 38.9 Å². The molecule has 18 heavy (non-hydrogen) atoms. The fourth-order valence-electron chi connectivity index (χ4n) is 1.70. The van der Waals surface area contributed by atoms with Crippen molar-refractivity contribution in [2.24, 2.45) is 0 Å². The molecule has 0 aliphatic heterocycles. The molecule has 0 saturated carbocycles. The van der Waals surface area contributed by atoms with Crippen LogP contribution in [0.25, 0.3) is 0 Å². The number of amides is 1. The lowest BCUT2D eigenvalue weighted by Crippen LogP contribution is -2.42. The van der Waals surface area contributed by atoms with Crippen molar-refractivity contribution in [3.8, 4) is 0 Å². The molecule has 0 aromatic carbocycles. The molecule has 1 aromatic rings. The van der Waals surface area contributed by atoms with Crippen molar-refractivity contribution in [3.63, 3.8) is 0 Å². The van der Waals surface area contributed by atoms with Crippen molar-refractivity contribution in [3.05, 3.63) is 30.1 Å². The van der Waals surface area contributed by atoms with E-state index in [1.807, 2.05) is 36.9 Å². The zero-order valence-corrected chi connectivity index (χ0v) is 11.5. The maximum atomic E-state index is 12.1. The van der Waals surface area contributed by atoms with E-state index < -0.39 is 0 Å². The van der Waals surface area contributed by atoms with E-state index >= 15 is 0 Å². The Morgan fingerprint density at radius 3 is 2.78 bits per heavy atom. The first-order chi connectivity index (χ1) is 8.65. The van der Waals surface area contributed by atoms with Crippen LogP contribution in [0.2, 0.25) is 0 Å². The average molecular weight is 249 g/mol. The molecule has 0 aliphatic carbocycles. The second-order valence-electron chi connectivity index (χ2n) is 4.61. The van der Waals surface area contributed by atoms with E-state index in [9.17, 15) is 4.79 Å². The molecule has 100 valence electrons. The average Bonchev–Trinajstić information content (AvgIpc) is 2.37. The van der Waals surface area contributed by atoms with Gasteiger partial charge in [0.15, 0.2) is 0 Å². The number of pyridine rings is 1. The number of rotatable bonds is 7. The van der Waals surface area contributed by atoms with Crippen LogP contribution in [0.15, 0.2) is 24.4 Å². The van der Waals surface area contributed by atoms with Crippen molar-refractivity contribution in [2.45, 2.75) is 39.8 Å². The Bertz CT molecular complexity index is 351. The van der Waals surface area contributed by atoms with Gasteiger partial charge in [-0.2, -0.15) is 0 Å². The third-order valence-corrected chi connectivity index (χ3v) is 2.71. The summed E-state index contributed by atoms with van der Waals surface area (Å²) in [6.45, 7) is 8.00. The molecule has 1 N–H and O–H groups in total. The summed E-state index contributed by atoms with van der Waals surface area (Å²) >= 11 is 0. The third-order valence-electron chi connectivity index (χ3n) is 2.71. The summed E-state index contributed by atoms with van der Waals surface area (Å²) in [5, 5.41) is 3.14. The molecule has 0 unspecified atom stereocenters. The van der Waals surface area contributed by atoms with Crippen molar-refractivity contribution in [1.82, 2.24) is 15.2 Å². The molecule has 1 aromatic heterocycles. The van der Waals surface area contributed by atoms with Crippen LogP contribution < -0.4 is 5.32 Å². The number of carbonyl (C=O) groups excluding carboxylic acids is 1. The van der Waals surface area contributed by atoms with Crippen LogP contribution >= 0.6 is 0 Å². The lowest BCUT2D eigenvalue weighted by Gasteiger charge is -2.26. The van der Waals surface area contributed by atoms with E-state index in [0.29, 0.717) is 13.1 Å². The van der Waals surface area contributed by atoms with Crippen LogP contribution in [-0.2, 0) is 11.3 Å². The van der Waals surface area contributed by atoms with Crippen LogP contribution in [0, 0.1) is 0 Å². The highest BCUT2D eigenvalue weighted by Gasteiger charge is 2.16. The lowest BCUT2D eigenvalue weighted by molar-refractivity contribution is -0.132. The van der Waals surface area contributed by atoms with Crippen LogP contribution in [0.5, 0.6) is 0 Å². The summed E-state index contributed by atoms with van der Waals surface area (Å²) in [7, 11) is 0. The van der Waals surface area contributed by atoms with Gasteiger partial charge in [0, 0.05) is 12.2 Å². The van der Waals surface area contributed by atoms with Gasteiger partial charge in [0.05, 0.1) is 18.8 Å². The van der Waals surface area contributed by atoms with Crippen LogP contribution in [-0.4, -0.2) is 34.9 Å². The van der Waals surface area contributed by atoms with Gasteiger partial charge in [0.2, 0.25) is 5.91 Å². The van der Waals surface area contributed by atoms with Crippen LogP contribution in [0.1, 0.15) is 32.9 Å². The molecular formula is C14H23N3O. The molecule has 0 radical (unpaired) electrons. The highest BCUT2D eigenvalue weighted by molar-refractivity contribution is 5.78. The van der Waals surface area contributed by atoms with E-state index in [2.05, 4.69) is 17.2 Å². The molecule has 0 fully saturated rings. The molecule has 0 bridgehead atoms. The number of hydrogen-bond acceptors (Lipinski definition) is 3. The Kier molecular flexibility index (Phi) is 6.36. The van der Waals surface area contributed by atoms with Crippen molar-refractivity contribution < 1.29 is 4.79 Å². The molecule has 1 amide bonds. The van der Waals surface area contributed by atoms with Gasteiger partial charge in [-0.1, -0.05) is 13.0 Å². The standard InChI is InChI=1S/C14H23N3O/c1-4-8-15-10-14(18)17(12(2)3)11-13-7-5-6-9-16-13/h5-7,9,12,15H,4,8,10-11H2,1-3H3. The van der Waals surface area contributed by atoms with Gasteiger partial charge >= 0.3 is 0 Å². The number of nitrogens with one attached hydrogen (secondary N) is 1. The molecule has 4 nitrogen and oxygen atoms in total. The minimum Gasteiger partial charge on any atom is -0.333 e. The summed E-state index contributed by atoms with van der Waals surface area (Å²) in [5.74, 6) is 0.129. The fraction of sp³-hybridized carbons (Fsp3) is 0.571. The quantitative estimate of drug-likeness (QED) is 0.750. The van der Waals surface area contributed by atoms with Crippen molar-refractivity contribution in [1.29, 1.82) is 0 Å². The van der Waals surface area contributed by atoms with E-state index in [1.54, 1.807) is 6.20 Å². The molecule has 0 spiro atoms. The minimum atomic E-state index is 0.129. The normalized spacial score (nSPS) is 10.7. The van der Waals surface area contributed by atoms with Gasteiger partial charge in [-0.25, -0.2) is 0 Å². The Balaban J connectivity index is 2.57. The maximum Gasteiger partial charge on any atom is 0.237 e. The van der Waals surface area contributed by atoms with Crippen LogP contribution in [0.3, 0.4) is 0 Å². The Morgan fingerprint density at radius 2 is 2.22 bits per heavy atom. The number of aromatic nitrogens is 1. The smallest absolute Gasteiger partial charge is 0.237 e. The Labute approximate surface area is 109 Å². The monoisotopic (exact) mass is 249 g/mol. The molecular weight excluding hydrogens is 226 g/mol. The molecule has 4 heteroatoms. The summed E-state index contributed by atoms with van der Waals surface area (Å²) in [4.78, 5) is 18.2. The lowest BCUT2D eigenvalue weighted by atomic mass is 10.2. The number of nitrogens with zero attached hydrogens (tertiary/aromatic N) is 2. The highest BCUT2D eigenvalue weighted by Crippen LogP contribution is 2.06. The largest absolute Gasteiger partial charge is 0.333 e. The van der Waals surface area contributed by atoms with Gasteiger partial charge in [-0.15, -0.1) is 0 Å². The maximum absolute atomic E-state index is 12.1. The van der Waals surface area contributed by atoms with Crippen molar-refractivity contribution in [2.75, 3.05) is 13.1 Å². The van der Waals surface area contributed by atoms with E-state index in [0.717, 1.165) is 18.7 Å².